The number of imide groups is 1. The minimum Gasteiger partial charge on any atom is -0.478 e. The van der Waals surface area contributed by atoms with Gasteiger partial charge in [-0.05, 0) is 27.9 Å². The summed E-state index contributed by atoms with van der Waals surface area (Å²) >= 11 is 0. The summed E-state index contributed by atoms with van der Waals surface area (Å²) in [6, 6.07) is -0.662. The van der Waals surface area contributed by atoms with Gasteiger partial charge >= 0.3 is 12.0 Å². The molecule has 7 heteroatoms. The molecule has 0 atom stereocenters. The van der Waals surface area contributed by atoms with E-state index in [1.165, 1.54) is 0 Å². The molecule has 0 heterocycles. The highest BCUT2D eigenvalue weighted by Crippen LogP contribution is 2.07. The fourth-order valence-electron chi connectivity index (χ4n) is 0.799. The lowest BCUT2D eigenvalue weighted by Crippen LogP contribution is -2.50. The Balaban J connectivity index is 4.14. The van der Waals surface area contributed by atoms with Crippen molar-refractivity contribution in [1.29, 1.82) is 0 Å². The predicted octanol–water partition coefficient (Wildman–Crippen LogP) is -0.207. The molecule has 0 spiro atoms. The van der Waals surface area contributed by atoms with Crippen LogP contribution in [0.15, 0.2) is 12.2 Å². The molecular weight excluding hydrogens is 238 g/mol. The van der Waals surface area contributed by atoms with E-state index >= 15 is 0 Å². The number of hydrogen-bond donors (Lipinski definition) is 3. The van der Waals surface area contributed by atoms with Crippen LogP contribution in [0.1, 0.15) is 13.8 Å². The van der Waals surface area contributed by atoms with Gasteiger partial charge in [-0.3, -0.25) is 10.1 Å². The summed E-state index contributed by atoms with van der Waals surface area (Å²) in [4.78, 5) is 34.5. The molecule has 0 fully saturated rings. The van der Waals surface area contributed by atoms with Gasteiger partial charge in [0.1, 0.15) is 0 Å². The van der Waals surface area contributed by atoms with E-state index in [2.05, 4.69) is 5.32 Å². The first-order valence-corrected chi connectivity index (χ1v) is 5.32. The lowest BCUT2D eigenvalue weighted by atomic mass is 10.1. The second-order valence-electron chi connectivity index (χ2n) is 4.55. The Morgan fingerprint density at radius 2 is 1.78 bits per heavy atom. The second kappa shape index (κ2) is 6.75. The second-order valence-corrected chi connectivity index (χ2v) is 4.55. The van der Waals surface area contributed by atoms with Crippen LogP contribution in [-0.2, 0) is 9.59 Å². The number of nitrogens with one attached hydrogen (secondary N) is 2. The maximum Gasteiger partial charge on any atom is 0.328 e. The molecule has 3 amide bonds. The lowest BCUT2D eigenvalue weighted by Gasteiger charge is -2.32. The maximum absolute atomic E-state index is 11.3. The molecule has 0 radical (unpaired) electrons. The van der Waals surface area contributed by atoms with Gasteiger partial charge in [-0.15, -0.1) is 0 Å². The van der Waals surface area contributed by atoms with E-state index in [0.717, 1.165) is 6.08 Å². The zero-order valence-electron chi connectivity index (χ0n) is 11.0. The third kappa shape index (κ3) is 6.64. The van der Waals surface area contributed by atoms with Gasteiger partial charge in [-0.2, -0.15) is 0 Å². The number of carboxylic acid groups (broad SMARTS) is 1. The summed E-state index contributed by atoms with van der Waals surface area (Å²) in [7, 11) is 3.75. The van der Waals surface area contributed by atoms with Gasteiger partial charge in [0.15, 0.2) is 0 Å². The van der Waals surface area contributed by atoms with Crippen molar-refractivity contribution in [2.24, 2.45) is 0 Å². The maximum atomic E-state index is 11.3. The van der Waals surface area contributed by atoms with Crippen LogP contribution in [0.5, 0.6) is 0 Å². The molecule has 0 saturated carbocycles. The number of likely N-dealkylation sites (N-methyl/N-ethyl adjacent to an activating group) is 1. The van der Waals surface area contributed by atoms with E-state index in [1.807, 2.05) is 38.2 Å². The number of carboxylic acids is 1. The zero-order valence-corrected chi connectivity index (χ0v) is 11.0. The van der Waals surface area contributed by atoms with Crippen LogP contribution in [0.2, 0.25) is 0 Å². The topological polar surface area (TPSA) is 98.7 Å². The monoisotopic (exact) mass is 257 g/mol. The van der Waals surface area contributed by atoms with E-state index < -0.39 is 17.9 Å². The Kier molecular flexibility index (Phi) is 6.04. The average molecular weight is 257 g/mol. The van der Waals surface area contributed by atoms with Gasteiger partial charge in [0, 0.05) is 24.2 Å². The molecule has 0 bridgehead atoms. The fraction of sp³-hybridized carbons (Fsp3) is 0.545. The van der Waals surface area contributed by atoms with Crippen molar-refractivity contribution in [3.63, 3.8) is 0 Å². The van der Waals surface area contributed by atoms with E-state index in [1.54, 1.807) is 0 Å². The summed E-state index contributed by atoms with van der Waals surface area (Å²) in [5.74, 6) is -2.03. The van der Waals surface area contributed by atoms with Crippen LogP contribution >= 0.6 is 0 Å². The number of hydrogen-bond acceptors (Lipinski definition) is 4. The molecule has 0 aromatic rings. The van der Waals surface area contributed by atoms with Gasteiger partial charge in [0.25, 0.3) is 5.91 Å². The molecule has 7 nitrogen and oxygen atoms in total. The van der Waals surface area contributed by atoms with Gasteiger partial charge in [-0.25, -0.2) is 9.59 Å². The van der Waals surface area contributed by atoms with E-state index in [4.69, 9.17) is 5.11 Å². The summed E-state index contributed by atoms with van der Waals surface area (Å²) < 4.78 is 0. The Hall–Kier alpha value is -1.89. The summed E-state index contributed by atoms with van der Waals surface area (Å²) in [5, 5.41) is 12.8. The van der Waals surface area contributed by atoms with E-state index in [0.29, 0.717) is 12.6 Å². The minimum atomic E-state index is -1.25. The van der Waals surface area contributed by atoms with Crippen molar-refractivity contribution >= 4 is 17.9 Å². The molecule has 102 valence electrons. The van der Waals surface area contributed by atoms with Crippen molar-refractivity contribution in [1.82, 2.24) is 15.5 Å². The highest BCUT2D eigenvalue weighted by molar-refractivity contribution is 6.02. The third-order valence-corrected chi connectivity index (χ3v) is 2.51. The Bertz CT molecular complexity index is 361. The molecule has 0 aliphatic rings. The molecule has 18 heavy (non-hydrogen) atoms. The first-order chi connectivity index (χ1) is 8.15. The van der Waals surface area contributed by atoms with Crippen LogP contribution in [0.25, 0.3) is 0 Å². The Labute approximate surface area is 106 Å². The van der Waals surface area contributed by atoms with Crippen LogP contribution in [0.3, 0.4) is 0 Å². The number of nitrogens with zero attached hydrogens (tertiary/aromatic N) is 1. The molecule has 0 rings (SSSR count). The molecule has 3 N–H and O–H groups in total. The fourth-order valence-corrected chi connectivity index (χ4v) is 0.799. The molecule has 0 aliphatic carbocycles. The van der Waals surface area contributed by atoms with Gasteiger partial charge in [-0.1, -0.05) is 0 Å². The first-order valence-electron chi connectivity index (χ1n) is 5.32. The van der Waals surface area contributed by atoms with Gasteiger partial charge < -0.3 is 15.3 Å². The van der Waals surface area contributed by atoms with Gasteiger partial charge in [0.05, 0.1) is 0 Å². The highest BCUT2D eigenvalue weighted by Gasteiger charge is 2.21. The predicted molar refractivity (Wildman–Crippen MR) is 66.1 cm³/mol. The SMILES string of the molecule is CN(C)C(C)(C)CNC(=O)NC(=O)C=CC(=O)O. The zero-order chi connectivity index (χ0) is 14.3. The normalized spacial score (nSPS) is 11.6. The summed E-state index contributed by atoms with van der Waals surface area (Å²) in [5.41, 5.74) is -0.253. The highest BCUT2D eigenvalue weighted by atomic mass is 16.4. The molecule has 0 aromatic heterocycles. The smallest absolute Gasteiger partial charge is 0.328 e. The van der Waals surface area contributed by atoms with E-state index in [-0.39, 0.29) is 5.54 Å². The van der Waals surface area contributed by atoms with Crippen molar-refractivity contribution in [2.45, 2.75) is 19.4 Å². The standard InChI is InChI=1S/C11H19N3O4/c1-11(2,14(3)4)7-12-10(18)13-8(15)5-6-9(16)17/h5-6H,7H2,1-4H3,(H,16,17)(H2,12,13,15,18). The molecular formula is C11H19N3O4. The minimum absolute atomic E-state index is 0.253. The number of aliphatic carboxylic acids is 1. The summed E-state index contributed by atoms with van der Waals surface area (Å²) in [6.07, 6.45) is 1.44. The number of carbonyl (C=O) groups is 3. The van der Waals surface area contributed by atoms with E-state index in [9.17, 15) is 14.4 Å². The Morgan fingerprint density at radius 3 is 2.22 bits per heavy atom. The largest absolute Gasteiger partial charge is 0.478 e. The number of urea groups is 1. The quantitative estimate of drug-likeness (QED) is 0.592. The van der Waals surface area contributed by atoms with Crippen molar-refractivity contribution in [3.05, 3.63) is 12.2 Å². The van der Waals surface area contributed by atoms with Crippen molar-refractivity contribution < 1.29 is 19.5 Å². The molecule has 0 aliphatic heterocycles. The number of rotatable bonds is 5. The third-order valence-electron chi connectivity index (χ3n) is 2.51. The van der Waals surface area contributed by atoms with Crippen LogP contribution < -0.4 is 10.6 Å². The Morgan fingerprint density at radius 1 is 1.22 bits per heavy atom. The molecule has 0 aromatic carbocycles. The summed E-state index contributed by atoms with van der Waals surface area (Å²) in [6.45, 7) is 4.21. The van der Waals surface area contributed by atoms with Crippen molar-refractivity contribution in [2.75, 3.05) is 20.6 Å². The first kappa shape index (κ1) is 16.1. The van der Waals surface area contributed by atoms with Crippen LogP contribution in [0, 0.1) is 0 Å². The van der Waals surface area contributed by atoms with Crippen molar-refractivity contribution in [3.8, 4) is 0 Å². The van der Waals surface area contributed by atoms with Crippen LogP contribution in [-0.4, -0.2) is 54.1 Å². The average Bonchev–Trinajstić information content (AvgIpc) is 2.23. The van der Waals surface area contributed by atoms with Gasteiger partial charge in [0.2, 0.25) is 0 Å². The molecule has 0 saturated heterocycles. The van der Waals surface area contributed by atoms with Crippen LogP contribution in [0.4, 0.5) is 4.79 Å². The lowest BCUT2D eigenvalue weighted by molar-refractivity contribution is -0.131. The molecule has 0 unspecified atom stereocenters. The number of amides is 3. The number of carbonyl (C=O) groups excluding carboxylic acids is 2.